The molecule has 31 heavy (non-hydrogen) atoms. The van der Waals surface area contributed by atoms with Gasteiger partial charge in [0, 0.05) is 18.4 Å². The third-order valence-corrected chi connectivity index (χ3v) is 7.78. The summed E-state index contributed by atoms with van der Waals surface area (Å²) in [5, 5.41) is 12.3. The van der Waals surface area contributed by atoms with E-state index in [4.69, 9.17) is 0 Å². The molecule has 1 saturated carbocycles. The van der Waals surface area contributed by atoms with Gasteiger partial charge in [-0.15, -0.1) is 11.8 Å². The summed E-state index contributed by atoms with van der Waals surface area (Å²) in [6, 6.07) is 2.65. The summed E-state index contributed by atoms with van der Waals surface area (Å²) in [6.45, 7) is 3.63. The lowest BCUT2D eigenvalue weighted by Gasteiger charge is -2.26. The van der Waals surface area contributed by atoms with Crippen molar-refractivity contribution in [3.8, 4) is 0 Å². The molecule has 2 N–H and O–H groups in total. The number of nitrogens with one attached hydrogen (secondary N) is 1. The fourth-order valence-electron chi connectivity index (χ4n) is 3.30. The summed E-state index contributed by atoms with van der Waals surface area (Å²) < 4.78 is 28.6. The number of carboxylic acid groups (broad SMARTS) is 1. The van der Waals surface area contributed by atoms with Crippen LogP contribution in [0.1, 0.15) is 39.5 Å². The summed E-state index contributed by atoms with van der Waals surface area (Å²) in [6.07, 6.45) is 5.65. The van der Waals surface area contributed by atoms with Gasteiger partial charge in [-0.25, -0.2) is 18.6 Å². The Morgan fingerprint density at radius 2 is 2.03 bits per heavy atom. The molecule has 0 radical (unpaired) electrons. The maximum atomic E-state index is 14.4. The maximum absolute atomic E-state index is 14.4. The number of amides is 2. The van der Waals surface area contributed by atoms with E-state index in [9.17, 15) is 23.5 Å². The number of aromatic nitrogens is 1. The van der Waals surface area contributed by atoms with Crippen LogP contribution in [-0.4, -0.2) is 34.4 Å². The number of carbonyl (C=O) groups excluding carboxylic acids is 1. The molecule has 168 valence electrons. The lowest BCUT2D eigenvalue weighted by atomic mass is 9.97. The zero-order chi connectivity index (χ0) is 22.6. The van der Waals surface area contributed by atoms with Gasteiger partial charge < -0.3 is 5.11 Å². The zero-order valence-corrected chi connectivity index (χ0v) is 19.0. The fourth-order valence-corrected chi connectivity index (χ4v) is 5.24. The smallest absolute Gasteiger partial charge is 0.328 e. The number of hydrogen-bond donors (Lipinski definition) is 2. The molecule has 1 aromatic heterocycles. The van der Waals surface area contributed by atoms with Crippen LogP contribution < -0.4 is 10.2 Å². The van der Waals surface area contributed by atoms with E-state index < -0.39 is 29.0 Å². The highest BCUT2D eigenvalue weighted by atomic mass is 32.2. The number of anilines is 2. The number of thiazole rings is 1. The van der Waals surface area contributed by atoms with Gasteiger partial charge in [0.1, 0.15) is 11.6 Å². The molecule has 0 atom stereocenters. The SMILES string of the molecule is CC(C)(CSc1cnc(NC(=O)N(CC2CCCC2)c2ccc(F)cc2F)s1)C(=O)O. The molecule has 0 spiro atoms. The highest BCUT2D eigenvalue weighted by Gasteiger charge is 2.28. The fraction of sp³-hybridized carbons (Fsp3) is 0.476. The molecule has 6 nitrogen and oxygen atoms in total. The number of hydrogen-bond acceptors (Lipinski definition) is 5. The average Bonchev–Trinajstić information content (AvgIpc) is 3.37. The number of carboxylic acids is 1. The number of benzene rings is 1. The van der Waals surface area contributed by atoms with Crippen molar-refractivity contribution in [2.75, 3.05) is 22.5 Å². The van der Waals surface area contributed by atoms with Gasteiger partial charge in [-0.3, -0.25) is 15.0 Å². The van der Waals surface area contributed by atoms with E-state index in [1.165, 1.54) is 34.1 Å². The largest absolute Gasteiger partial charge is 0.481 e. The van der Waals surface area contributed by atoms with Crippen LogP contribution in [0.3, 0.4) is 0 Å². The van der Waals surface area contributed by atoms with Crippen molar-refractivity contribution >= 4 is 45.9 Å². The van der Waals surface area contributed by atoms with Crippen molar-refractivity contribution in [1.29, 1.82) is 0 Å². The molecule has 3 rings (SSSR count). The van der Waals surface area contributed by atoms with Gasteiger partial charge in [0.25, 0.3) is 0 Å². The third-order valence-electron chi connectivity index (χ3n) is 5.21. The van der Waals surface area contributed by atoms with Crippen LogP contribution in [0.4, 0.5) is 24.4 Å². The number of urea groups is 1. The standard InChI is InChI=1S/C21H25F2N3O3S2/c1-21(2,18(27)28)12-30-17-10-24-19(31-17)25-20(29)26(11-13-5-3-4-6-13)16-8-7-14(22)9-15(16)23/h7-10,13H,3-6,11-12H2,1-2H3,(H,27,28)(H,24,25,29). The topological polar surface area (TPSA) is 82.5 Å². The predicted octanol–water partition coefficient (Wildman–Crippen LogP) is 5.85. The highest BCUT2D eigenvalue weighted by molar-refractivity contribution is 8.01. The van der Waals surface area contributed by atoms with Crippen molar-refractivity contribution in [1.82, 2.24) is 4.98 Å². The zero-order valence-electron chi connectivity index (χ0n) is 17.4. The Morgan fingerprint density at radius 1 is 1.32 bits per heavy atom. The van der Waals surface area contributed by atoms with E-state index in [1.54, 1.807) is 20.0 Å². The number of halogens is 2. The summed E-state index contributed by atoms with van der Waals surface area (Å²) in [7, 11) is 0. The molecule has 2 amide bonds. The molecule has 2 aromatic rings. The Labute approximate surface area is 188 Å². The molecule has 10 heteroatoms. The summed E-state index contributed by atoms with van der Waals surface area (Å²) >= 11 is 2.57. The summed E-state index contributed by atoms with van der Waals surface area (Å²) in [4.78, 5) is 29.7. The van der Waals surface area contributed by atoms with Crippen LogP contribution in [0, 0.1) is 23.0 Å². The van der Waals surface area contributed by atoms with Crippen LogP contribution in [-0.2, 0) is 4.79 Å². The van der Waals surface area contributed by atoms with E-state index in [1.807, 2.05) is 0 Å². The Hall–Kier alpha value is -2.20. The second-order valence-electron chi connectivity index (χ2n) is 8.25. The van der Waals surface area contributed by atoms with Gasteiger partial charge >= 0.3 is 12.0 Å². The van der Waals surface area contributed by atoms with Crippen LogP contribution >= 0.6 is 23.1 Å². The number of nitrogens with zero attached hydrogens (tertiary/aromatic N) is 2. The first-order valence-corrected chi connectivity index (χ1v) is 11.8. The second-order valence-corrected chi connectivity index (χ2v) is 10.6. The molecular weight excluding hydrogens is 444 g/mol. The Bertz CT molecular complexity index is 946. The van der Waals surface area contributed by atoms with Gasteiger partial charge in [-0.2, -0.15) is 0 Å². The monoisotopic (exact) mass is 469 g/mol. The van der Waals surface area contributed by atoms with Gasteiger partial charge in [0.15, 0.2) is 5.13 Å². The van der Waals surface area contributed by atoms with Crippen molar-refractivity contribution in [3.05, 3.63) is 36.0 Å². The Morgan fingerprint density at radius 3 is 2.68 bits per heavy atom. The summed E-state index contributed by atoms with van der Waals surface area (Å²) in [5.74, 6) is -1.77. The average molecular weight is 470 g/mol. The molecule has 1 aromatic carbocycles. The van der Waals surface area contributed by atoms with Gasteiger partial charge in [0.05, 0.1) is 21.5 Å². The van der Waals surface area contributed by atoms with Crippen LogP contribution in [0.25, 0.3) is 0 Å². The molecule has 0 bridgehead atoms. The molecule has 1 fully saturated rings. The third kappa shape index (κ3) is 6.16. The van der Waals surface area contributed by atoms with E-state index in [-0.39, 0.29) is 11.6 Å². The van der Waals surface area contributed by atoms with Gasteiger partial charge in [-0.1, -0.05) is 24.2 Å². The van der Waals surface area contributed by atoms with Gasteiger partial charge in [0.2, 0.25) is 0 Å². The van der Waals surface area contributed by atoms with Crippen molar-refractivity contribution in [2.24, 2.45) is 11.3 Å². The predicted molar refractivity (Wildman–Crippen MR) is 119 cm³/mol. The Kier molecular flexibility index (Phi) is 7.53. The first-order chi connectivity index (χ1) is 14.7. The van der Waals surface area contributed by atoms with Crippen LogP contribution in [0.2, 0.25) is 0 Å². The van der Waals surface area contributed by atoms with E-state index in [0.29, 0.717) is 17.4 Å². The van der Waals surface area contributed by atoms with E-state index in [0.717, 1.165) is 42.0 Å². The number of thioether (sulfide) groups is 1. The lowest BCUT2D eigenvalue weighted by molar-refractivity contribution is -0.145. The van der Waals surface area contributed by atoms with Crippen LogP contribution in [0.15, 0.2) is 28.6 Å². The quantitative estimate of drug-likeness (QED) is 0.474. The van der Waals surface area contributed by atoms with Gasteiger partial charge in [-0.05, 0) is 44.7 Å². The van der Waals surface area contributed by atoms with Crippen LogP contribution in [0.5, 0.6) is 0 Å². The second kappa shape index (κ2) is 9.95. The molecule has 0 saturated heterocycles. The molecule has 0 aliphatic heterocycles. The molecule has 0 unspecified atom stereocenters. The number of carbonyl (C=O) groups is 2. The van der Waals surface area contributed by atoms with Crippen molar-refractivity contribution in [2.45, 2.75) is 43.7 Å². The minimum Gasteiger partial charge on any atom is -0.481 e. The number of rotatable bonds is 8. The Balaban J connectivity index is 1.71. The van der Waals surface area contributed by atoms with Crippen molar-refractivity contribution < 1.29 is 23.5 Å². The maximum Gasteiger partial charge on any atom is 0.328 e. The van der Waals surface area contributed by atoms with Crippen molar-refractivity contribution in [3.63, 3.8) is 0 Å². The molecule has 1 aliphatic rings. The molecular formula is C21H25F2N3O3S2. The highest BCUT2D eigenvalue weighted by Crippen LogP contribution is 2.34. The minimum atomic E-state index is -0.893. The number of aliphatic carboxylic acids is 1. The first kappa shape index (κ1) is 23.5. The minimum absolute atomic E-state index is 0.0279. The molecule has 1 aliphatic carbocycles. The lowest BCUT2D eigenvalue weighted by Crippen LogP contribution is -2.38. The van der Waals surface area contributed by atoms with E-state index >= 15 is 0 Å². The normalized spacial score (nSPS) is 14.6. The summed E-state index contributed by atoms with van der Waals surface area (Å²) in [5.41, 5.74) is -0.865. The first-order valence-electron chi connectivity index (χ1n) is 10.0. The van der Waals surface area contributed by atoms with E-state index in [2.05, 4.69) is 10.3 Å². The molecule has 1 heterocycles.